The first-order chi connectivity index (χ1) is 11.3. The zero-order valence-corrected chi connectivity index (χ0v) is 13.2. The first-order valence-electron chi connectivity index (χ1n) is 7.77. The van der Waals surface area contributed by atoms with Gasteiger partial charge < -0.3 is 14.4 Å². The summed E-state index contributed by atoms with van der Waals surface area (Å²) in [5.41, 5.74) is 2.10. The molecule has 1 aliphatic rings. The van der Waals surface area contributed by atoms with Gasteiger partial charge in [0, 0.05) is 30.8 Å². The number of pyridine rings is 1. The molecule has 0 saturated carbocycles. The SMILES string of the molecule is COc1ccc(-c2ccc(OCCN3CCCC3=O)nc2)cc1. The Labute approximate surface area is 135 Å². The highest BCUT2D eigenvalue weighted by molar-refractivity contribution is 5.78. The standard InChI is InChI=1S/C18H20N2O3/c1-22-16-7-4-14(5-8-16)15-6-9-17(19-13-15)23-12-11-20-10-2-3-18(20)21/h4-9,13H,2-3,10-12H2,1H3. The highest BCUT2D eigenvalue weighted by atomic mass is 16.5. The summed E-state index contributed by atoms with van der Waals surface area (Å²) in [6.07, 6.45) is 3.40. The number of rotatable bonds is 6. The number of likely N-dealkylation sites (tertiary alicyclic amines) is 1. The van der Waals surface area contributed by atoms with E-state index in [4.69, 9.17) is 9.47 Å². The first-order valence-corrected chi connectivity index (χ1v) is 7.77. The predicted octanol–water partition coefficient (Wildman–Crippen LogP) is 2.76. The second-order valence-corrected chi connectivity index (χ2v) is 5.45. The summed E-state index contributed by atoms with van der Waals surface area (Å²) < 4.78 is 10.8. The molecule has 23 heavy (non-hydrogen) atoms. The quantitative estimate of drug-likeness (QED) is 0.823. The smallest absolute Gasteiger partial charge is 0.222 e. The molecule has 5 heteroatoms. The van der Waals surface area contributed by atoms with Crippen LogP contribution in [0.5, 0.6) is 11.6 Å². The van der Waals surface area contributed by atoms with Crippen molar-refractivity contribution in [3.8, 4) is 22.8 Å². The minimum absolute atomic E-state index is 0.219. The lowest BCUT2D eigenvalue weighted by molar-refractivity contribution is -0.128. The number of nitrogens with zero attached hydrogens (tertiary/aromatic N) is 2. The predicted molar refractivity (Wildman–Crippen MR) is 87.5 cm³/mol. The molecule has 0 unspecified atom stereocenters. The number of amides is 1. The lowest BCUT2D eigenvalue weighted by atomic mass is 10.1. The summed E-state index contributed by atoms with van der Waals surface area (Å²) in [5, 5.41) is 0. The number of carbonyl (C=O) groups is 1. The maximum absolute atomic E-state index is 11.5. The van der Waals surface area contributed by atoms with Crippen LogP contribution < -0.4 is 9.47 Å². The van der Waals surface area contributed by atoms with Crippen LogP contribution in [0, 0.1) is 0 Å². The van der Waals surface area contributed by atoms with Crippen molar-refractivity contribution in [2.24, 2.45) is 0 Å². The second kappa shape index (κ2) is 7.13. The number of carbonyl (C=O) groups excluding carboxylic acids is 1. The van der Waals surface area contributed by atoms with E-state index in [9.17, 15) is 4.79 Å². The highest BCUT2D eigenvalue weighted by Gasteiger charge is 2.19. The van der Waals surface area contributed by atoms with E-state index >= 15 is 0 Å². The van der Waals surface area contributed by atoms with Gasteiger partial charge in [0.2, 0.25) is 11.8 Å². The van der Waals surface area contributed by atoms with Gasteiger partial charge in [-0.05, 0) is 30.2 Å². The van der Waals surface area contributed by atoms with Crippen molar-refractivity contribution in [2.75, 3.05) is 26.8 Å². The Balaban J connectivity index is 1.55. The topological polar surface area (TPSA) is 51.7 Å². The van der Waals surface area contributed by atoms with Gasteiger partial charge in [0.25, 0.3) is 0 Å². The van der Waals surface area contributed by atoms with Crippen LogP contribution in [0.2, 0.25) is 0 Å². The third-order valence-electron chi connectivity index (χ3n) is 3.94. The Bertz CT molecular complexity index is 653. The monoisotopic (exact) mass is 312 g/mol. The van der Waals surface area contributed by atoms with Gasteiger partial charge in [-0.2, -0.15) is 0 Å². The van der Waals surface area contributed by atoms with E-state index < -0.39 is 0 Å². The molecule has 1 saturated heterocycles. The molecule has 1 aromatic heterocycles. The average molecular weight is 312 g/mol. The molecule has 1 aromatic carbocycles. The van der Waals surface area contributed by atoms with Gasteiger partial charge in [0.05, 0.1) is 13.7 Å². The fraction of sp³-hybridized carbons (Fsp3) is 0.333. The van der Waals surface area contributed by atoms with E-state index in [1.807, 2.05) is 41.3 Å². The zero-order valence-electron chi connectivity index (χ0n) is 13.2. The highest BCUT2D eigenvalue weighted by Crippen LogP contribution is 2.23. The Kier molecular flexibility index (Phi) is 4.76. The molecule has 3 rings (SSSR count). The van der Waals surface area contributed by atoms with E-state index in [-0.39, 0.29) is 5.91 Å². The van der Waals surface area contributed by atoms with Crippen LogP contribution in [-0.4, -0.2) is 42.6 Å². The maximum atomic E-state index is 11.5. The van der Waals surface area contributed by atoms with Gasteiger partial charge in [-0.3, -0.25) is 4.79 Å². The second-order valence-electron chi connectivity index (χ2n) is 5.45. The van der Waals surface area contributed by atoms with Crippen molar-refractivity contribution < 1.29 is 14.3 Å². The van der Waals surface area contributed by atoms with Gasteiger partial charge in [0.15, 0.2) is 0 Å². The summed E-state index contributed by atoms with van der Waals surface area (Å²) in [6.45, 7) is 1.94. The normalized spacial score (nSPS) is 14.1. The molecule has 1 aliphatic heterocycles. The van der Waals surface area contributed by atoms with Gasteiger partial charge in [-0.15, -0.1) is 0 Å². The van der Waals surface area contributed by atoms with Crippen LogP contribution in [0.3, 0.4) is 0 Å². The van der Waals surface area contributed by atoms with Crippen LogP contribution in [-0.2, 0) is 4.79 Å². The lowest BCUT2D eigenvalue weighted by Gasteiger charge is -2.15. The molecule has 0 bridgehead atoms. The van der Waals surface area contributed by atoms with E-state index in [0.29, 0.717) is 25.5 Å². The average Bonchev–Trinajstić information content (AvgIpc) is 3.01. The number of benzene rings is 1. The van der Waals surface area contributed by atoms with Crippen LogP contribution in [0.15, 0.2) is 42.6 Å². The van der Waals surface area contributed by atoms with Crippen molar-refractivity contribution >= 4 is 5.91 Å². The van der Waals surface area contributed by atoms with Gasteiger partial charge in [0.1, 0.15) is 12.4 Å². The molecule has 0 aliphatic carbocycles. The number of hydrogen-bond acceptors (Lipinski definition) is 4. The Morgan fingerprint density at radius 3 is 2.52 bits per heavy atom. The molecule has 1 amide bonds. The summed E-state index contributed by atoms with van der Waals surface area (Å²) in [6, 6.07) is 11.7. The van der Waals surface area contributed by atoms with Crippen LogP contribution in [0.25, 0.3) is 11.1 Å². The van der Waals surface area contributed by atoms with Crippen LogP contribution in [0.4, 0.5) is 0 Å². The van der Waals surface area contributed by atoms with E-state index in [1.54, 1.807) is 13.3 Å². The minimum atomic E-state index is 0.219. The van der Waals surface area contributed by atoms with Crippen LogP contribution >= 0.6 is 0 Å². The summed E-state index contributed by atoms with van der Waals surface area (Å²) in [4.78, 5) is 17.7. The van der Waals surface area contributed by atoms with Gasteiger partial charge in [-0.1, -0.05) is 12.1 Å². The maximum Gasteiger partial charge on any atom is 0.222 e. The summed E-state index contributed by atoms with van der Waals surface area (Å²) in [7, 11) is 1.65. The Hall–Kier alpha value is -2.56. The van der Waals surface area contributed by atoms with Crippen molar-refractivity contribution in [1.29, 1.82) is 0 Å². The number of methoxy groups -OCH3 is 1. The van der Waals surface area contributed by atoms with Crippen molar-refractivity contribution in [3.63, 3.8) is 0 Å². The summed E-state index contributed by atoms with van der Waals surface area (Å²) in [5.74, 6) is 1.63. The minimum Gasteiger partial charge on any atom is -0.497 e. The first kappa shape index (κ1) is 15.3. The fourth-order valence-corrected chi connectivity index (χ4v) is 2.62. The molecule has 0 radical (unpaired) electrons. The summed E-state index contributed by atoms with van der Waals surface area (Å²) >= 11 is 0. The molecule has 2 aromatic rings. The Morgan fingerprint density at radius 1 is 1.13 bits per heavy atom. The number of aromatic nitrogens is 1. The number of ether oxygens (including phenoxy) is 2. The largest absolute Gasteiger partial charge is 0.497 e. The molecule has 120 valence electrons. The zero-order chi connectivity index (χ0) is 16.1. The molecule has 2 heterocycles. The van der Waals surface area contributed by atoms with Crippen molar-refractivity contribution in [2.45, 2.75) is 12.8 Å². The van der Waals surface area contributed by atoms with Crippen LogP contribution in [0.1, 0.15) is 12.8 Å². The molecular weight excluding hydrogens is 292 g/mol. The van der Waals surface area contributed by atoms with E-state index in [0.717, 1.165) is 29.8 Å². The van der Waals surface area contributed by atoms with Gasteiger partial charge in [-0.25, -0.2) is 4.98 Å². The van der Waals surface area contributed by atoms with Crippen molar-refractivity contribution in [3.05, 3.63) is 42.6 Å². The van der Waals surface area contributed by atoms with E-state index in [2.05, 4.69) is 4.98 Å². The molecule has 1 fully saturated rings. The third-order valence-corrected chi connectivity index (χ3v) is 3.94. The molecule has 0 spiro atoms. The Morgan fingerprint density at radius 2 is 1.91 bits per heavy atom. The molecule has 0 atom stereocenters. The number of hydrogen-bond donors (Lipinski definition) is 0. The molecule has 0 N–H and O–H groups in total. The molecular formula is C18H20N2O3. The van der Waals surface area contributed by atoms with Gasteiger partial charge >= 0.3 is 0 Å². The lowest BCUT2D eigenvalue weighted by Crippen LogP contribution is -2.29. The third kappa shape index (κ3) is 3.80. The van der Waals surface area contributed by atoms with Crippen molar-refractivity contribution in [1.82, 2.24) is 9.88 Å². The van der Waals surface area contributed by atoms with E-state index in [1.165, 1.54) is 0 Å². The molecule has 5 nitrogen and oxygen atoms in total. The fourth-order valence-electron chi connectivity index (χ4n) is 2.62.